The highest BCUT2D eigenvalue weighted by Crippen LogP contribution is 2.24. The summed E-state index contributed by atoms with van der Waals surface area (Å²) < 4.78 is 0. The first-order valence-electron chi connectivity index (χ1n) is 7.27. The average Bonchev–Trinajstić information content (AvgIpc) is 2.41. The number of aliphatic carboxylic acids is 1. The number of carbonyl (C=O) groups is 2. The van der Waals surface area contributed by atoms with Crippen LogP contribution in [0, 0.1) is 0 Å². The molecule has 0 aromatic heterocycles. The number of hydrogen-bond acceptors (Lipinski definition) is 4. The summed E-state index contributed by atoms with van der Waals surface area (Å²) in [5, 5.41) is 27.2. The molecule has 0 bridgehead atoms. The van der Waals surface area contributed by atoms with Gasteiger partial charge in [-0.3, -0.25) is 9.59 Å². The van der Waals surface area contributed by atoms with Gasteiger partial charge >= 0.3 is 5.97 Å². The molecule has 0 radical (unpaired) electrons. The molecule has 0 unspecified atom stereocenters. The SMILES string of the molecule is O=C(O)CCCCCCCCC(=O)c1ccc(O)cc1O. The summed E-state index contributed by atoms with van der Waals surface area (Å²) in [7, 11) is 0. The molecule has 0 aliphatic rings. The molecule has 5 nitrogen and oxygen atoms in total. The maximum absolute atomic E-state index is 11.9. The Labute approximate surface area is 124 Å². The number of unbranched alkanes of at least 4 members (excludes halogenated alkanes) is 5. The molecule has 0 saturated heterocycles. The van der Waals surface area contributed by atoms with E-state index in [4.69, 9.17) is 10.2 Å². The zero-order valence-corrected chi connectivity index (χ0v) is 12.0. The van der Waals surface area contributed by atoms with E-state index in [1.165, 1.54) is 12.1 Å². The van der Waals surface area contributed by atoms with Crippen LogP contribution in [-0.4, -0.2) is 27.1 Å². The molecular formula is C16H22O5. The van der Waals surface area contributed by atoms with Gasteiger partial charge in [0.2, 0.25) is 0 Å². The monoisotopic (exact) mass is 294 g/mol. The quantitative estimate of drug-likeness (QED) is 0.453. The fourth-order valence-corrected chi connectivity index (χ4v) is 2.16. The van der Waals surface area contributed by atoms with Crippen molar-refractivity contribution in [3.8, 4) is 11.5 Å². The number of phenolic OH excluding ortho intramolecular Hbond substituents is 2. The number of carboxylic acid groups (broad SMARTS) is 1. The van der Waals surface area contributed by atoms with Crippen LogP contribution in [0.2, 0.25) is 0 Å². The molecule has 0 heterocycles. The molecule has 0 aliphatic heterocycles. The zero-order chi connectivity index (χ0) is 15.7. The summed E-state index contributed by atoms with van der Waals surface area (Å²) in [6.45, 7) is 0. The van der Waals surface area contributed by atoms with Gasteiger partial charge in [-0.25, -0.2) is 0 Å². The van der Waals surface area contributed by atoms with Crippen molar-refractivity contribution < 1.29 is 24.9 Å². The predicted octanol–water partition coefficient (Wildman–Crippen LogP) is 3.49. The van der Waals surface area contributed by atoms with Crippen molar-refractivity contribution >= 4 is 11.8 Å². The van der Waals surface area contributed by atoms with Crippen LogP contribution < -0.4 is 0 Å². The summed E-state index contributed by atoms with van der Waals surface area (Å²) in [5.74, 6) is -1.13. The lowest BCUT2D eigenvalue weighted by atomic mass is 10.0. The molecule has 0 saturated carbocycles. The number of Topliss-reactive ketones (excluding diaryl/α,β-unsaturated/α-hetero) is 1. The highest BCUT2D eigenvalue weighted by molar-refractivity contribution is 5.98. The van der Waals surface area contributed by atoms with E-state index in [1.807, 2.05) is 0 Å². The summed E-state index contributed by atoms with van der Waals surface area (Å²) in [5.41, 5.74) is 0.245. The molecule has 1 rings (SSSR count). The number of carbonyl (C=O) groups excluding carboxylic acids is 1. The zero-order valence-electron chi connectivity index (χ0n) is 12.0. The molecule has 5 heteroatoms. The molecule has 0 atom stereocenters. The van der Waals surface area contributed by atoms with E-state index in [0.29, 0.717) is 12.8 Å². The van der Waals surface area contributed by atoms with Crippen LogP contribution in [0.25, 0.3) is 0 Å². The van der Waals surface area contributed by atoms with E-state index in [0.717, 1.165) is 38.2 Å². The first-order chi connectivity index (χ1) is 10.0. The molecule has 0 fully saturated rings. The van der Waals surface area contributed by atoms with Crippen molar-refractivity contribution in [3.05, 3.63) is 23.8 Å². The molecular weight excluding hydrogens is 272 g/mol. The molecule has 21 heavy (non-hydrogen) atoms. The number of phenols is 2. The molecule has 0 spiro atoms. The van der Waals surface area contributed by atoms with Crippen LogP contribution in [0.1, 0.15) is 61.7 Å². The van der Waals surface area contributed by atoms with Gasteiger partial charge in [-0.2, -0.15) is 0 Å². The Morgan fingerprint density at radius 1 is 0.857 bits per heavy atom. The Balaban J connectivity index is 2.15. The summed E-state index contributed by atoms with van der Waals surface area (Å²) in [6.07, 6.45) is 5.82. The lowest BCUT2D eigenvalue weighted by Gasteiger charge is -2.04. The number of aromatic hydroxyl groups is 2. The first-order valence-corrected chi connectivity index (χ1v) is 7.27. The number of benzene rings is 1. The van der Waals surface area contributed by atoms with Crippen LogP contribution >= 0.6 is 0 Å². The Morgan fingerprint density at radius 3 is 2.00 bits per heavy atom. The predicted molar refractivity (Wildman–Crippen MR) is 78.7 cm³/mol. The first kappa shape index (κ1) is 17.0. The molecule has 1 aromatic rings. The highest BCUT2D eigenvalue weighted by atomic mass is 16.4. The van der Waals surface area contributed by atoms with Gasteiger partial charge < -0.3 is 15.3 Å². The fraction of sp³-hybridized carbons (Fsp3) is 0.500. The van der Waals surface area contributed by atoms with Crippen LogP contribution in [0.4, 0.5) is 0 Å². The molecule has 116 valence electrons. The van der Waals surface area contributed by atoms with Gasteiger partial charge in [0.1, 0.15) is 11.5 Å². The maximum atomic E-state index is 11.9. The van der Waals surface area contributed by atoms with Gasteiger partial charge in [-0.1, -0.05) is 25.7 Å². The van der Waals surface area contributed by atoms with Crippen molar-refractivity contribution in [1.82, 2.24) is 0 Å². The van der Waals surface area contributed by atoms with Gasteiger partial charge in [0.15, 0.2) is 5.78 Å². The highest BCUT2D eigenvalue weighted by Gasteiger charge is 2.11. The van der Waals surface area contributed by atoms with Crippen molar-refractivity contribution in [2.24, 2.45) is 0 Å². The Hall–Kier alpha value is -2.04. The van der Waals surface area contributed by atoms with Gasteiger partial charge in [0.05, 0.1) is 5.56 Å². The second-order valence-corrected chi connectivity index (χ2v) is 5.14. The largest absolute Gasteiger partial charge is 0.508 e. The Kier molecular flexibility index (Phi) is 7.29. The van der Waals surface area contributed by atoms with Crippen molar-refractivity contribution in [2.45, 2.75) is 51.4 Å². The fourth-order valence-electron chi connectivity index (χ4n) is 2.16. The maximum Gasteiger partial charge on any atom is 0.303 e. The van der Waals surface area contributed by atoms with Crippen molar-refractivity contribution in [1.29, 1.82) is 0 Å². The smallest absolute Gasteiger partial charge is 0.303 e. The van der Waals surface area contributed by atoms with E-state index in [2.05, 4.69) is 0 Å². The second-order valence-electron chi connectivity index (χ2n) is 5.14. The number of rotatable bonds is 10. The topological polar surface area (TPSA) is 94.8 Å². The lowest BCUT2D eigenvalue weighted by molar-refractivity contribution is -0.137. The Bertz CT molecular complexity index is 482. The summed E-state index contributed by atoms with van der Waals surface area (Å²) in [6, 6.07) is 3.98. The van der Waals surface area contributed by atoms with Crippen molar-refractivity contribution in [3.63, 3.8) is 0 Å². The standard InChI is InChI=1S/C16H22O5/c17-12-9-10-13(15(19)11-12)14(18)7-5-3-1-2-4-6-8-16(20)21/h9-11,17,19H,1-8H2,(H,20,21). The van der Waals surface area contributed by atoms with Gasteiger partial charge in [-0.15, -0.1) is 0 Å². The number of hydrogen-bond donors (Lipinski definition) is 3. The van der Waals surface area contributed by atoms with Crippen molar-refractivity contribution in [2.75, 3.05) is 0 Å². The third-order valence-corrected chi connectivity index (χ3v) is 3.33. The van der Waals surface area contributed by atoms with Gasteiger partial charge in [0, 0.05) is 18.9 Å². The normalized spacial score (nSPS) is 10.5. The number of ketones is 1. The molecule has 1 aromatic carbocycles. The number of carboxylic acids is 1. The molecule has 0 amide bonds. The third-order valence-electron chi connectivity index (χ3n) is 3.33. The summed E-state index contributed by atoms with van der Waals surface area (Å²) >= 11 is 0. The van der Waals surface area contributed by atoms with Gasteiger partial charge in [0.25, 0.3) is 0 Å². The summed E-state index contributed by atoms with van der Waals surface area (Å²) in [4.78, 5) is 22.2. The minimum absolute atomic E-state index is 0.0644. The molecule has 0 aliphatic carbocycles. The van der Waals surface area contributed by atoms with Gasteiger partial charge in [-0.05, 0) is 25.0 Å². The average molecular weight is 294 g/mol. The Morgan fingerprint density at radius 2 is 1.43 bits per heavy atom. The third kappa shape index (κ3) is 6.79. The van der Waals surface area contributed by atoms with E-state index in [1.54, 1.807) is 0 Å². The second kappa shape index (κ2) is 9.00. The minimum Gasteiger partial charge on any atom is -0.508 e. The van der Waals surface area contributed by atoms with E-state index in [-0.39, 0.29) is 29.3 Å². The van der Waals surface area contributed by atoms with Crippen LogP contribution in [-0.2, 0) is 4.79 Å². The van der Waals surface area contributed by atoms with E-state index >= 15 is 0 Å². The van der Waals surface area contributed by atoms with E-state index < -0.39 is 5.97 Å². The van der Waals surface area contributed by atoms with Crippen LogP contribution in [0.5, 0.6) is 11.5 Å². The van der Waals surface area contributed by atoms with E-state index in [9.17, 15) is 14.7 Å². The van der Waals surface area contributed by atoms with Crippen LogP contribution in [0.15, 0.2) is 18.2 Å². The molecule has 3 N–H and O–H groups in total. The van der Waals surface area contributed by atoms with Crippen LogP contribution in [0.3, 0.4) is 0 Å². The lowest BCUT2D eigenvalue weighted by Crippen LogP contribution is -1.99. The minimum atomic E-state index is -0.755.